The molecule has 2 N–H and O–H groups in total. The summed E-state index contributed by atoms with van der Waals surface area (Å²) in [5.74, 6) is -1.70. The molecule has 1 fully saturated rings. The van der Waals surface area contributed by atoms with E-state index in [4.69, 9.17) is 0 Å². The van der Waals surface area contributed by atoms with E-state index in [9.17, 15) is 24.2 Å². The average molecular weight is 429 g/mol. The maximum atomic E-state index is 12.7. The Morgan fingerprint density at radius 1 is 1.00 bits per heavy atom. The van der Waals surface area contributed by atoms with E-state index in [1.165, 1.54) is 10.5 Å². The van der Waals surface area contributed by atoms with Gasteiger partial charge in [0.1, 0.15) is 12.2 Å². The third-order valence-electron chi connectivity index (χ3n) is 5.63. The SMILES string of the molecule is O=C(O)[C@@H]1C[C@H](c2ccccc2)CN1C(=O)CP(=O)(O)CCCCc1ccccc1. The molecule has 0 radical (unpaired) electrons. The highest BCUT2D eigenvalue weighted by Crippen LogP contribution is 2.43. The van der Waals surface area contributed by atoms with Crippen LogP contribution >= 0.6 is 7.37 Å². The summed E-state index contributed by atoms with van der Waals surface area (Å²) in [6.07, 6.45) is 2.02. The first-order valence-electron chi connectivity index (χ1n) is 10.3. The monoisotopic (exact) mass is 429 g/mol. The minimum atomic E-state index is -3.65. The molecule has 0 aliphatic carbocycles. The molecule has 0 saturated carbocycles. The summed E-state index contributed by atoms with van der Waals surface area (Å²) in [4.78, 5) is 36.0. The minimum absolute atomic E-state index is 0.0687. The number of aryl methyl sites for hydroxylation is 1. The van der Waals surface area contributed by atoms with Crippen LogP contribution in [0.2, 0.25) is 0 Å². The highest BCUT2D eigenvalue weighted by atomic mass is 31.2. The van der Waals surface area contributed by atoms with Gasteiger partial charge in [0.2, 0.25) is 13.3 Å². The van der Waals surface area contributed by atoms with E-state index < -0.39 is 31.4 Å². The zero-order valence-corrected chi connectivity index (χ0v) is 17.8. The van der Waals surface area contributed by atoms with Crippen LogP contribution in [-0.4, -0.2) is 51.7 Å². The van der Waals surface area contributed by atoms with Crippen LogP contribution in [0, 0.1) is 0 Å². The summed E-state index contributed by atoms with van der Waals surface area (Å²) in [5.41, 5.74) is 2.15. The zero-order valence-electron chi connectivity index (χ0n) is 16.9. The van der Waals surface area contributed by atoms with Gasteiger partial charge >= 0.3 is 5.97 Å². The van der Waals surface area contributed by atoms with Gasteiger partial charge in [-0.15, -0.1) is 0 Å². The van der Waals surface area contributed by atoms with Gasteiger partial charge < -0.3 is 14.9 Å². The lowest BCUT2D eigenvalue weighted by molar-refractivity contribution is -0.147. The van der Waals surface area contributed by atoms with Gasteiger partial charge in [0, 0.05) is 18.6 Å². The summed E-state index contributed by atoms with van der Waals surface area (Å²) in [6.45, 7) is 0.258. The molecule has 1 amide bonds. The molecule has 3 rings (SSSR count). The molecule has 30 heavy (non-hydrogen) atoms. The lowest BCUT2D eigenvalue weighted by atomic mass is 9.96. The molecule has 0 spiro atoms. The Morgan fingerprint density at radius 3 is 2.27 bits per heavy atom. The number of carbonyl (C=O) groups is 2. The van der Waals surface area contributed by atoms with Crippen LogP contribution < -0.4 is 0 Å². The summed E-state index contributed by atoms with van der Waals surface area (Å²) < 4.78 is 12.6. The fourth-order valence-electron chi connectivity index (χ4n) is 4.03. The fourth-order valence-corrected chi connectivity index (χ4v) is 5.51. The van der Waals surface area contributed by atoms with Crippen molar-refractivity contribution in [1.29, 1.82) is 0 Å². The van der Waals surface area contributed by atoms with Crippen molar-refractivity contribution in [2.24, 2.45) is 0 Å². The molecule has 1 unspecified atom stereocenters. The lowest BCUT2D eigenvalue weighted by Crippen LogP contribution is -2.42. The van der Waals surface area contributed by atoms with E-state index >= 15 is 0 Å². The standard InChI is InChI=1S/C23H28NO5P/c25-22(17-30(28,29)14-8-7-11-18-9-3-1-4-10-18)24-16-20(15-21(24)23(26)27)19-12-5-2-6-13-19/h1-6,9-10,12-13,20-21H,7-8,11,14-17H2,(H,26,27)(H,28,29)/t20-,21-/m0/s1. The first-order valence-corrected chi connectivity index (χ1v) is 12.3. The third-order valence-corrected chi connectivity index (χ3v) is 7.41. The number of carboxylic acid groups (broad SMARTS) is 1. The summed E-state index contributed by atoms with van der Waals surface area (Å²) in [5, 5.41) is 9.55. The van der Waals surface area contributed by atoms with E-state index in [0.717, 1.165) is 18.4 Å². The smallest absolute Gasteiger partial charge is 0.326 e. The van der Waals surface area contributed by atoms with Gasteiger partial charge in [-0.2, -0.15) is 0 Å². The van der Waals surface area contributed by atoms with Crippen LogP contribution in [0.5, 0.6) is 0 Å². The number of amides is 1. The molecule has 2 aromatic carbocycles. The van der Waals surface area contributed by atoms with Gasteiger partial charge in [-0.05, 0) is 36.8 Å². The molecule has 160 valence electrons. The molecule has 2 aromatic rings. The van der Waals surface area contributed by atoms with Crippen molar-refractivity contribution in [2.45, 2.75) is 37.6 Å². The molecular formula is C23H28NO5P. The van der Waals surface area contributed by atoms with Gasteiger partial charge in [0.15, 0.2) is 0 Å². The van der Waals surface area contributed by atoms with Crippen LogP contribution in [0.15, 0.2) is 60.7 Å². The molecule has 3 atom stereocenters. The van der Waals surface area contributed by atoms with Crippen molar-refractivity contribution in [3.05, 3.63) is 71.8 Å². The highest BCUT2D eigenvalue weighted by Gasteiger charge is 2.41. The Hall–Kier alpha value is -2.43. The molecule has 1 heterocycles. The molecule has 0 bridgehead atoms. The Morgan fingerprint density at radius 2 is 1.63 bits per heavy atom. The Labute approximate surface area is 177 Å². The highest BCUT2D eigenvalue weighted by molar-refractivity contribution is 7.58. The van der Waals surface area contributed by atoms with Crippen molar-refractivity contribution in [1.82, 2.24) is 4.90 Å². The first-order chi connectivity index (χ1) is 14.4. The molecule has 1 saturated heterocycles. The lowest BCUT2D eigenvalue weighted by Gasteiger charge is -2.23. The number of hydrogen-bond acceptors (Lipinski definition) is 3. The van der Waals surface area contributed by atoms with E-state index in [1.54, 1.807) is 0 Å². The van der Waals surface area contributed by atoms with Crippen LogP contribution in [0.1, 0.15) is 36.3 Å². The number of unbranched alkanes of at least 4 members (excludes halogenated alkanes) is 1. The van der Waals surface area contributed by atoms with Gasteiger partial charge in [-0.25, -0.2) is 4.79 Å². The second-order valence-electron chi connectivity index (χ2n) is 7.91. The van der Waals surface area contributed by atoms with Gasteiger partial charge in [0.25, 0.3) is 0 Å². The number of aliphatic carboxylic acids is 1. The third kappa shape index (κ3) is 6.04. The van der Waals surface area contributed by atoms with Crippen molar-refractivity contribution >= 4 is 19.2 Å². The van der Waals surface area contributed by atoms with Crippen molar-refractivity contribution < 1.29 is 24.2 Å². The summed E-state index contributed by atoms with van der Waals surface area (Å²) in [7, 11) is -3.65. The second-order valence-corrected chi connectivity index (χ2v) is 10.4. The molecule has 6 nitrogen and oxygen atoms in total. The van der Waals surface area contributed by atoms with Crippen molar-refractivity contribution in [3.8, 4) is 0 Å². The van der Waals surface area contributed by atoms with Crippen LogP contribution in [0.3, 0.4) is 0 Å². The number of carbonyl (C=O) groups excluding carboxylic acids is 1. The average Bonchev–Trinajstić information content (AvgIpc) is 3.19. The van der Waals surface area contributed by atoms with E-state index in [1.807, 2.05) is 60.7 Å². The Kier molecular flexibility index (Phi) is 7.46. The van der Waals surface area contributed by atoms with Gasteiger partial charge in [0.05, 0.1) is 0 Å². The van der Waals surface area contributed by atoms with Crippen molar-refractivity contribution in [2.75, 3.05) is 18.9 Å². The van der Waals surface area contributed by atoms with Gasteiger partial charge in [-0.3, -0.25) is 9.36 Å². The molecule has 1 aliphatic rings. The molecule has 7 heteroatoms. The number of hydrogen-bond donors (Lipinski definition) is 2. The fraction of sp³-hybridized carbons (Fsp3) is 0.391. The summed E-state index contributed by atoms with van der Waals surface area (Å²) >= 11 is 0. The Bertz CT molecular complexity index is 902. The van der Waals surface area contributed by atoms with E-state index in [0.29, 0.717) is 12.8 Å². The number of likely N-dealkylation sites (tertiary alicyclic amines) is 1. The number of rotatable bonds is 9. The summed E-state index contributed by atoms with van der Waals surface area (Å²) in [6, 6.07) is 18.4. The number of carboxylic acids is 1. The Balaban J connectivity index is 1.54. The largest absolute Gasteiger partial charge is 0.480 e. The van der Waals surface area contributed by atoms with Gasteiger partial charge in [-0.1, -0.05) is 60.7 Å². The maximum Gasteiger partial charge on any atom is 0.326 e. The predicted molar refractivity (Wildman–Crippen MR) is 116 cm³/mol. The second kappa shape index (κ2) is 10.1. The normalized spacial score (nSPS) is 20.6. The topological polar surface area (TPSA) is 94.9 Å². The molecule has 1 aliphatic heterocycles. The van der Waals surface area contributed by atoms with Crippen molar-refractivity contribution in [3.63, 3.8) is 0 Å². The zero-order chi connectivity index (χ0) is 21.6. The van der Waals surface area contributed by atoms with Crippen LogP contribution in [0.4, 0.5) is 0 Å². The maximum absolute atomic E-state index is 12.7. The first kappa shape index (κ1) is 22.3. The number of nitrogens with zero attached hydrogens (tertiary/aromatic N) is 1. The van der Waals surface area contributed by atoms with E-state index in [-0.39, 0.29) is 18.6 Å². The van der Waals surface area contributed by atoms with Crippen LogP contribution in [-0.2, 0) is 20.6 Å². The quantitative estimate of drug-likeness (QED) is 0.468. The predicted octanol–water partition coefficient (Wildman–Crippen LogP) is 3.75. The van der Waals surface area contributed by atoms with E-state index in [2.05, 4.69) is 0 Å². The minimum Gasteiger partial charge on any atom is -0.480 e. The molecular weight excluding hydrogens is 401 g/mol. The number of benzene rings is 2. The van der Waals surface area contributed by atoms with Crippen LogP contribution in [0.25, 0.3) is 0 Å². The molecule has 0 aromatic heterocycles.